The van der Waals surface area contributed by atoms with Gasteiger partial charge in [-0.25, -0.2) is 4.68 Å². The average Bonchev–Trinajstić information content (AvgIpc) is 3.29. The number of methoxy groups -OCH3 is 1. The van der Waals surface area contributed by atoms with Crippen LogP contribution in [0.3, 0.4) is 0 Å². The number of aromatic nitrogens is 2. The predicted molar refractivity (Wildman–Crippen MR) is 119 cm³/mol. The van der Waals surface area contributed by atoms with Crippen molar-refractivity contribution in [2.75, 3.05) is 20.2 Å². The molecule has 0 unspecified atom stereocenters. The molecule has 0 N–H and O–H groups in total. The Bertz CT molecular complexity index is 1050. The lowest BCUT2D eigenvalue weighted by molar-refractivity contribution is -0.146. The van der Waals surface area contributed by atoms with Crippen LogP contribution in [-0.2, 0) is 16.0 Å². The van der Waals surface area contributed by atoms with Gasteiger partial charge in [0, 0.05) is 24.8 Å². The van der Waals surface area contributed by atoms with Crippen molar-refractivity contribution in [1.29, 1.82) is 0 Å². The van der Waals surface area contributed by atoms with Crippen molar-refractivity contribution in [1.82, 2.24) is 14.7 Å². The molecule has 0 saturated carbocycles. The Kier molecular flexibility index (Phi) is 6.16. The molecular weight excluding hydrogens is 390 g/mol. The Labute approximate surface area is 182 Å². The summed E-state index contributed by atoms with van der Waals surface area (Å²) in [6, 6.07) is 18.0. The maximum atomic E-state index is 13.5. The quantitative estimate of drug-likeness (QED) is 0.586. The number of hydrogen-bond donors (Lipinski definition) is 0. The van der Waals surface area contributed by atoms with E-state index in [1.54, 1.807) is 4.68 Å². The minimum atomic E-state index is -0.194. The van der Waals surface area contributed by atoms with E-state index < -0.39 is 0 Å². The molecule has 6 nitrogen and oxygen atoms in total. The third-order valence-electron chi connectivity index (χ3n) is 5.92. The van der Waals surface area contributed by atoms with Crippen molar-refractivity contribution in [2.45, 2.75) is 26.2 Å². The molecule has 0 bridgehead atoms. The second-order valence-corrected chi connectivity index (χ2v) is 7.81. The van der Waals surface area contributed by atoms with Crippen molar-refractivity contribution in [2.24, 2.45) is 5.92 Å². The number of esters is 1. The maximum absolute atomic E-state index is 13.5. The number of nitrogens with zero attached hydrogens (tertiary/aromatic N) is 3. The number of hydrogen-bond acceptors (Lipinski definition) is 4. The Morgan fingerprint density at radius 1 is 1.03 bits per heavy atom. The Hall–Kier alpha value is -3.41. The number of likely N-dealkylation sites (tertiary alicyclic amines) is 1. The summed E-state index contributed by atoms with van der Waals surface area (Å²) in [5, 5.41) is 4.77. The highest BCUT2D eigenvalue weighted by atomic mass is 16.5. The summed E-state index contributed by atoms with van der Waals surface area (Å²) < 4.78 is 6.62. The Morgan fingerprint density at radius 3 is 2.32 bits per heavy atom. The molecular formula is C25H27N3O3. The summed E-state index contributed by atoms with van der Waals surface area (Å²) in [5.74, 6) is -0.386. The van der Waals surface area contributed by atoms with E-state index in [9.17, 15) is 9.59 Å². The molecule has 3 aromatic rings. The standard InChI is InChI=1S/C25H27N3O3/c1-3-18-9-11-19(12-10-18)23-22(17-28(26-23)21-7-5-4-6-8-21)24(29)27-15-13-20(14-16-27)25(30)31-2/h4-12,17,20H,3,13-16H2,1-2H3. The third kappa shape index (κ3) is 4.38. The van der Waals surface area contributed by atoms with Gasteiger partial charge in [0.1, 0.15) is 5.69 Å². The summed E-state index contributed by atoms with van der Waals surface area (Å²) >= 11 is 0. The van der Waals surface area contributed by atoms with Crippen molar-refractivity contribution in [3.8, 4) is 16.9 Å². The fourth-order valence-electron chi connectivity index (χ4n) is 4.01. The summed E-state index contributed by atoms with van der Waals surface area (Å²) in [6.07, 6.45) is 4.00. The number of carbonyl (C=O) groups is 2. The van der Waals surface area contributed by atoms with Gasteiger partial charge in [-0.05, 0) is 37.0 Å². The molecule has 31 heavy (non-hydrogen) atoms. The molecule has 1 amide bonds. The van der Waals surface area contributed by atoms with Gasteiger partial charge < -0.3 is 9.64 Å². The van der Waals surface area contributed by atoms with Crippen LogP contribution in [0.25, 0.3) is 16.9 Å². The first-order chi connectivity index (χ1) is 15.1. The van der Waals surface area contributed by atoms with Crippen molar-refractivity contribution < 1.29 is 14.3 Å². The highest BCUT2D eigenvalue weighted by molar-refractivity contribution is 6.00. The van der Waals surface area contributed by atoms with E-state index in [1.165, 1.54) is 12.7 Å². The van der Waals surface area contributed by atoms with Crippen LogP contribution in [0.2, 0.25) is 0 Å². The lowest BCUT2D eigenvalue weighted by Gasteiger charge is -2.30. The van der Waals surface area contributed by atoms with E-state index in [2.05, 4.69) is 19.1 Å². The number of para-hydroxylation sites is 1. The van der Waals surface area contributed by atoms with Crippen molar-refractivity contribution in [3.63, 3.8) is 0 Å². The van der Waals surface area contributed by atoms with Crippen molar-refractivity contribution in [3.05, 3.63) is 71.9 Å². The average molecular weight is 418 g/mol. The maximum Gasteiger partial charge on any atom is 0.308 e. The van der Waals surface area contributed by atoms with E-state index in [4.69, 9.17) is 9.84 Å². The van der Waals surface area contributed by atoms with Crippen LogP contribution in [0, 0.1) is 5.92 Å². The monoisotopic (exact) mass is 417 g/mol. The fraction of sp³-hybridized carbons (Fsp3) is 0.320. The first-order valence-corrected chi connectivity index (χ1v) is 10.7. The van der Waals surface area contributed by atoms with E-state index in [-0.39, 0.29) is 17.8 Å². The summed E-state index contributed by atoms with van der Waals surface area (Å²) in [7, 11) is 1.41. The lowest BCUT2D eigenvalue weighted by atomic mass is 9.96. The van der Waals surface area contributed by atoms with Gasteiger partial charge in [-0.15, -0.1) is 0 Å². The van der Waals surface area contributed by atoms with Crippen LogP contribution in [0.5, 0.6) is 0 Å². The van der Waals surface area contributed by atoms with Gasteiger partial charge in [0.15, 0.2) is 0 Å². The zero-order valence-electron chi connectivity index (χ0n) is 18.0. The molecule has 4 rings (SSSR count). The first-order valence-electron chi connectivity index (χ1n) is 10.7. The second kappa shape index (κ2) is 9.16. The number of benzene rings is 2. The van der Waals surface area contributed by atoms with Gasteiger partial charge in [0.05, 0.1) is 24.3 Å². The molecule has 1 aliphatic rings. The molecule has 1 fully saturated rings. The van der Waals surface area contributed by atoms with Gasteiger partial charge in [-0.3, -0.25) is 9.59 Å². The predicted octanol–water partition coefficient (Wildman–Crippen LogP) is 4.13. The number of rotatable bonds is 5. The molecule has 1 aromatic heterocycles. The molecule has 160 valence electrons. The number of ether oxygens (including phenoxy) is 1. The fourth-order valence-corrected chi connectivity index (χ4v) is 4.01. The number of amides is 1. The largest absolute Gasteiger partial charge is 0.469 e. The molecule has 1 saturated heterocycles. The first kappa shape index (κ1) is 20.8. The number of carbonyl (C=O) groups excluding carboxylic acids is 2. The summed E-state index contributed by atoms with van der Waals surface area (Å²) in [6.45, 7) is 3.18. The zero-order valence-corrected chi connectivity index (χ0v) is 18.0. The van der Waals surface area contributed by atoms with E-state index in [1.807, 2.05) is 53.6 Å². The van der Waals surface area contributed by atoms with Crippen LogP contribution >= 0.6 is 0 Å². The molecule has 0 spiro atoms. The van der Waals surface area contributed by atoms with Crippen molar-refractivity contribution >= 4 is 11.9 Å². The number of piperidine rings is 1. The second-order valence-electron chi connectivity index (χ2n) is 7.81. The van der Waals surface area contributed by atoms with E-state index in [0.29, 0.717) is 37.2 Å². The molecule has 1 aliphatic heterocycles. The topological polar surface area (TPSA) is 64.4 Å². The Balaban J connectivity index is 1.66. The van der Waals surface area contributed by atoms with Gasteiger partial charge >= 0.3 is 5.97 Å². The van der Waals surface area contributed by atoms with Gasteiger partial charge in [-0.2, -0.15) is 5.10 Å². The van der Waals surface area contributed by atoms with Crippen LogP contribution in [0.15, 0.2) is 60.8 Å². The van der Waals surface area contributed by atoms with E-state index >= 15 is 0 Å². The van der Waals surface area contributed by atoms with Gasteiger partial charge in [0.25, 0.3) is 5.91 Å². The normalized spacial score (nSPS) is 14.5. The van der Waals surface area contributed by atoms with Crippen LogP contribution in [0.4, 0.5) is 0 Å². The molecule has 0 aliphatic carbocycles. The van der Waals surface area contributed by atoms with Gasteiger partial charge in [0.2, 0.25) is 0 Å². The molecule has 2 heterocycles. The zero-order chi connectivity index (χ0) is 21.8. The molecule has 6 heteroatoms. The Morgan fingerprint density at radius 2 is 1.71 bits per heavy atom. The molecule has 2 aromatic carbocycles. The SMILES string of the molecule is CCc1ccc(-c2nn(-c3ccccc3)cc2C(=O)N2CCC(C(=O)OC)CC2)cc1. The van der Waals surface area contributed by atoms with Gasteiger partial charge in [-0.1, -0.05) is 49.4 Å². The number of aryl methyl sites for hydroxylation is 1. The lowest BCUT2D eigenvalue weighted by Crippen LogP contribution is -2.40. The molecule has 0 atom stereocenters. The van der Waals surface area contributed by atoms with Crippen LogP contribution in [-0.4, -0.2) is 46.8 Å². The van der Waals surface area contributed by atoms with E-state index in [0.717, 1.165) is 17.7 Å². The molecule has 0 radical (unpaired) electrons. The highest BCUT2D eigenvalue weighted by Gasteiger charge is 2.30. The minimum absolute atomic E-state index is 0.0555. The third-order valence-corrected chi connectivity index (χ3v) is 5.92. The van der Waals surface area contributed by atoms with Crippen LogP contribution in [0.1, 0.15) is 35.7 Å². The minimum Gasteiger partial charge on any atom is -0.469 e. The smallest absolute Gasteiger partial charge is 0.308 e. The highest BCUT2D eigenvalue weighted by Crippen LogP contribution is 2.27. The van der Waals surface area contributed by atoms with Crippen LogP contribution < -0.4 is 0 Å². The summed E-state index contributed by atoms with van der Waals surface area (Å²) in [5.41, 5.74) is 4.30. The summed E-state index contributed by atoms with van der Waals surface area (Å²) in [4.78, 5) is 27.1.